The molecule has 0 aromatic carbocycles. The Hall–Kier alpha value is -2.01. The molecule has 0 heterocycles. The van der Waals surface area contributed by atoms with E-state index >= 15 is 0 Å². The molecule has 0 aromatic rings. The third kappa shape index (κ3) is 6.73. The third-order valence-corrected chi connectivity index (χ3v) is 4.17. The fraction of sp³-hybridized carbons (Fsp3) is 0.714. The molecule has 31 heavy (non-hydrogen) atoms. The van der Waals surface area contributed by atoms with Crippen molar-refractivity contribution in [2.75, 3.05) is 13.2 Å². The smallest absolute Gasteiger partial charge is 0.461 e. The van der Waals surface area contributed by atoms with Crippen LogP contribution in [-0.4, -0.2) is 61.3 Å². The molecular formula is C14H16F8O8S. The molecule has 0 rings (SSSR count). The van der Waals surface area contributed by atoms with Gasteiger partial charge in [-0.15, -0.1) is 0 Å². The number of hydrogen-bond acceptors (Lipinski definition) is 7. The Bertz CT molecular complexity index is 780. The predicted molar refractivity (Wildman–Crippen MR) is 83.0 cm³/mol. The Morgan fingerprint density at radius 3 is 1.94 bits per heavy atom. The molecule has 0 saturated carbocycles. The number of hydrogen-bond donors (Lipinski definition) is 1. The zero-order valence-corrected chi connectivity index (χ0v) is 16.3. The number of halogens is 8. The van der Waals surface area contributed by atoms with Gasteiger partial charge in [0.15, 0.2) is 0 Å². The van der Waals surface area contributed by atoms with Crippen LogP contribution in [0, 0.1) is 0 Å². The van der Waals surface area contributed by atoms with Gasteiger partial charge in [-0.25, -0.2) is 9.59 Å². The van der Waals surface area contributed by atoms with E-state index in [-0.39, 0.29) is 6.42 Å². The molecule has 0 aliphatic carbocycles. The van der Waals surface area contributed by atoms with E-state index in [1.165, 1.54) is 6.92 Å². The van der Waals surface area contributed by atoms with Crippen molar-refractivity contribution in [2.45, 2.75) is 49.3 Å². The maximum atomic E-state index is 13.4. The summed E-state index contributed by atoms with van der Waals surface area (Å²) in [5.41, 5.74) is 0. The van der Waals surface area contributed by atoms with Crippen LogP contribution < -0.4 is 0 Å². The van der Waals surface area contributed by atoms with Crippen molar-refractivity contribution in [3.05, 3.63) is 12.4 Å². The minimum absolute atomic E-state index is 0.0413. The summed E-state index contributed by atoms with van der Waals surface area (Å²) in [7, 11) is -6.60. The highest BCUT2D eigenvalue weighted by molar-refractivity contribution is 7.87. The number of esters is 2. The average molecular weight is 496 g/mol. The summed E-state index contributed by atoms with van der Waals surface area (Å²) < 4.78 is 147. The third-order valence-electron chi connectivity index (χ3n) is 3.23. The lowest BCUT2D eigenvalue weighted by Gasteiger charge is -2.32. The Morgan fingerprint density at radius 2 is 1.55 bits per heavy atom. The number of alkyl halides is 7. The van der Waals surface area contributed by atoms with Crippen molar-refractivity contribution in [3.63, 3.8) is 0 Å². The molecule has 1 atom stereocenters. The first-order valence-corrected chi connectivity index (χ1v) is 9.39. The molecule has 0 spiro atoms. The van der Waals surface area contributed by atoms with E-state index in [2.05, 4.69) is 20.8 Å². The monoisotopic (exact) mass is 496 g/mol. The molecule has 0 saturated heterocycles. The second kappa shape index (κ2) is 10.1. The Labute approximate surface area is 169 Å². The number of ether oxygens (including phenoxy) is 3. The SMILES string of the molecule is C=C(F)C(=O)OC(OCCCC(F)(F)C(F)(F)S(=O)(=O)O)(C(=O)OCCC)C(F)(F)F. The van der Waals surface area contributed by atoms with Crippen LogP contribution in [0.25, 0.3) is 0 Å². The summed E-state index contributed by atoms with van der Waals surface area (Å²) in [6.07, 6.45) is -9.66. The second-order valence-electron chi connectivity index (χ2n) is 5.69. The van der Waals surface area contributed by atoms with Crippen LogP contribution >= 0.6 is 0 Å². The molecule has 17 heteroatoms. The minimum Gasteiger partial charge on any atom is -0.461 e. The quantitative estimate of drug-likeness (QED) is 0.109. The molecule has 0 fully saturated rings. The maximum Gasteiger partial charge on any atom is 0.468 e. The van der Waals surface area contributed by atoms with E-state index in [1.54, 1.807) is 0 Å². The summed E-state index contributed by atoms with van der Waals surface area (Å²) in [5, 5.41) is -6.00. The minimum atomic E-state index is -6.60. The van der Waals surface area contributed by atoms with Crippen molar-refractivity contribution in [2.24, 2.45) is 0 Å². The van der Waals surface area contributed by atoms with Gasteiger partial charge in [0.05, 0.1) is 13.2 Å². The van der Waals surface area contributed by atoms with Crippen LogP contribution in [0.5, 0.6) is 0 Å². The van der Waals surface area contributed by atoms with Crippen LogP contribution in [0.1, 0.15) is 26.2 Å². The van der Waals surface area contributed by atoms with Gasteiger partial charge in [0.25, 0.3) is 0 Å². The normalized spacial score (nSPS) is 15.2. The fourth-order valence-electron chi connectivity index (χ4n) is 1.71. The predicted octanol–water partition coefficient (Wildman–Crippen LogP) is 3.14. The lowest BCUT2D eigenvalue weighted by molar-refractivity contribution is -0.355. The number of carbonyl (C=O) groups is 2. The van der Waals surface area contributed by atoms with Gasteiger partial charge in [0.1, 0.15) is 0 Å². The van der Waals surface area contributed by atoms with Crippen molar-refractivity contribution in [1.82, 2.24) is 0 Å². The fourth-order valence-corrected chi connectivity index (χ4v) is 2.18. The molecule has 0 bridgehead atoms. The summed E-state index contributed by atoms with van der Waals surface area (Å²) >= 11 is 0. The van der Waals surface area contributed by atoms with Gasteiger partial charge in [0.2, 0.25) is 5.83 Å². The van der Waals surface area contributed by atoms with Gasteiger partial charge in [0, 0.05) is 6.42 Å². The Balaban J connectivity index is 5.71. The number of carbonyl (C=O) groups excluding carboxylic acids is 2. The largest absolute Gasteiger partial charge is 0.468 e. The Kier molecular flexibility index (Phi) is 9.42. The lowest BCUT2D eigenvalue weighted by Crippen LogP contribution is -2.58. The van der Waals surface area contributed by atoms with E-state index < -0.39 is 77.1 Å². The summed E-state index contributed by atoms with van der Waals surface area (Å²) in [4.78, 5) is 23.1. The van der Waals surface area contributed by atoms with Crippen LogP contribution in [0.4, 0.5) is 35.1 Å². The van der Waals surface area contributed by atoms with Crippen LogP contribution in [-0.2, 0) is 33.9 Å². The molecule has 0 radical (unpaired) electrons. The topological polar surface area (TPSA) is 116 Å². The average Bonchev–Trinajstić information content (AvgIpc) is 2.59. The number of rotatable bonds is 12. The van der Waals surface area contributed by atoms with E-state index in [1.807, 2.05) is 0 Å². The molecule has 0 aromatic heterocycles. The van der Waals surface area contributed by atoms with Gasteiger partial charge in [-0.2, -0.15) is 43.5 Å². The maximum absolute atomic E-state index is 13.4. The molecule has 0 aliphatic rings. The zero-order valence-electron chi connectivity index (χ0n) is 15.5. The van der Waals surface area contributed by atoms with Crippen LogP contribution in [0.2, 0.25) is 0 Å². The standard InChI is InChI=1S/C14H16F8O8S/c1-3-6-28-10(24)12(13(18,19)20,30-9(23)8(2)15)29-7-4-5-11(16,17)14(21,22)31(25,26)27/h2-7H2,1H3,(H,25,26,27). The van der Waals surface area contributed by atoms with E-state index in [9.17, 15) is 53.1 Å². The molecular weight excluding hydrogens is 480 g/mol. The lowest BCUT2D eigenvalue weighted by atomic mass is 10.2. The molecule has 8 nitrogen and oxygen atoms in total. The summed E-state index contributed by atoms with van der Waals surface area (Å²) in [6, 6.07) is 0. The summed E-state index contributed by atoms with van der Waals surface area (Å²) in [5.74, 6) is -17.1. The van der Waals surface area contributed by atoms with E-state index in [0.29, 0.717) is 0 Å². The molecule has 0 amide bonds. The second-order valence-corrected chi connectivity index (χ2v) is 7.16. The van der Waals surface area contributed by atoms with E-state index in [4.69, 9.17) is 4.55 Å². The van der Waals surface area contributed by atoms with Gasteiger partial charge in [-0.05, 0) is 12.8 Å². The zero-order chi connectivity index (χ0) is 24.9. The highest BCUT2D eigenvalue weighted by Crippen LogP contribution is 2.42. The Morgan fingerprint density at radius 1 is 1.03 bits per heavy atom. The van der Waals surface area contributed by atoms with Gasteiger partial charge in [-0.3, -0.25) is 4.55 Å². The van der Waals surface area contributed by atoms with E-state index in [0.717, 1.165) is 0 Å². The van der Waals surface area contributed by atoms with Crippen molar-refractivity contribution in [1.29, 1.82) is 0 Å². The van der Waals surface area contributed by atoms with Crippen molar-refractivity contribution >= 4 is 22.1 Å². The van der Waals surface area contributed by atoms with Crippen molar-refractivity contribution < 1.29 is 71.9 Å². The molecule has 182 valence electrons. The highest BCUT2D eigenvalue weighted by Gasteiger charge is 2.68. The first-order chi connectivity index (χ1) is 13.8. The first kappa shape index (κ1) is 29.0. The van der Waals surface area contributed by atoms with Gasteiger partial charge in [-0.1, -0.05) is 13.5 Å². The van der Waals surface area contributed by atoms with Crippen LogP contribution in [0.3, 0.4) is 0 Å². The van der Waals surface area contributed by atoms with Gasteiger partial charge >= 0.3 is 45.2 Å². The molecule has 1 N–H and O–H groups in total. The molecule has 0 aliphatic heterocycles. The van der Waals surface area contributed by atoms with Crippen LogP contribution in [0.15, 0.2) is 12.4 Å². The van der Waals surface area contributed by atoms with Crippen molar-refractivity contribution in [3.8, 4) is 0 Å². The highest BCUT2D eigenvalue weighted by atomic mass is 32.2. The van der Waals surface area contributed by atoms with Gasteiger partial charge < -0.3 is 14.2 Å². The summed E-state index contributed by atoms with van der Waals surface area (Å²) in [6.45, 7) is 1.35. The molecule has 1 unspecified atom stereocenters. The first-order valence-electron chi connectivity index (χ1n) is 7.95.